The first-order valence-corrected chi connectivity index (χ1v) is 4.44. The van der Waals surface area contributed by atoms with E-state index in [0.717, 1.165) is 5.56 Å². The number of rotatable bonds is 1. The van der Waals surface area contributed by atoms with Gasteiger partial charge in [0.15, 0.2) is 0 Å². The van der Waals surface area contributed by atoms with Gasteiger partial charge in [0.25, 0.3) is 5.69 Å². The van der Waals surface area contributed by atoms with Crippen molar-refractivity contribution in [3.63, 3.8) is 0 Å². The second-order valence-corrected chi connectivity index (χ2v) is 3.20. The topological polar surface area (TPSA) is 37.3 Å². The van der Waals surface area contributed by atoms with Crippen LogP contribution < -0.4 is 4.57 Å². The quantitative estimate of drug-likeness (QED) is 0.696. The number of aromatic nitrogens is 1. The molecular weight excluding hydrogens is 178 g/mol. The minimum absolute atomic E-state index is 0.0313. The molecule has 0 bridgehead atoms. The fraction of sp³-hybridized carbons (Fsp3) is 0.182. The molecule has 72 valence electrons. The van der Waals surface area contributed by atoms with Gasteiger partial charge in [-0.25, -0.2) is 0 Å². The Morgan fingerprint density at radius 3 is 2.36 bits per heavy atom. The number of aryl methyl sites for hydroxylation is 1. The number of hydrogen-bond donors (Lipinski definition) is 1. The first kappa shape index (κ1) is 8.81. The van der Waals surface area contributed by atoms with Crippen molar-refractivity contribution in [2.24, 2.45) is 7.05 Å². The fourth-order valence-corrected chi connectivity index (χ4v) is 1.47. The average Bonchev–Trinajstić information content (AvgIpc) is 2.43. The lowest BCUT2D eigenvalue weighted by Gasteiger charge is -1.92. The number of oxazole rings is 1. The van der Waals surface area contributed by atoms with Crippen LogP contribution >= 0.6 is 0 Å². The molecule has 0 aliphatic carbocycles. The van der Waals surface area contributed by atoms with Gasteiger partial charge in [-0.1, -0.05) is 18.2 Å². The van der Waals surface area contributed by atoms with E-state index in [-0.39, 0.29) is 5.95 Å². The first-order valence-electron chi connectivity index (χ1n) is 4.44. The Kier molecular flexibility index (Phi) is 2.00. The van der Waals surface area contributed by atoms with Crippen molar-refractivity contribution in [2.75, 3.05) is 0 Å². The summed E-state index contributed by atoms with van der Waals surface area (Å²) < 4.78 is 6.94. The van der Waals surface area contributed by atoms with Gasteiger partial charge in [-0.2, -0.15) is 4.57 Å². The maximum Gasteiger partial charge on any atom is 0.362 e. The molecule has 1 aromatic heterocycles. The highest BCUT2D eigenvalue weighted by Crippen LogP contribution is 2.26. The summed E-state index contributed by atoms with van der Waals surface area (Å²) in [7, 11) is 1.86. The molecule has 14 heavy (non-hydrogen) atoms. The van der Waals surface area contributed by atoms with Gasteiger partial charge in [0.05, 0.1) is 12.5 Å². The number of hydrogen-bond acceptors (Lipinski definition) is 2. The maximum absolute atomic E-state index is 9.58. The van der Waals surface area contributed by atoms with Crippen molar-refractivity contribution in [1.29, 1.82) is 0 Å². The van der Waals surface area contributed by atoms with Crippen molar-refractivity contribution in [2.45, 2.75) is 6.92 Å². The summed E-state index contributed by atoms with van der Waals surface area (Å²) in [6.07, 6.45) is 0. The van der Waals surface area contributed by atoms with Crippen LogP contribution in [0, 0.1) is 6.92 Å². The molecule has 1 heterocycles. The van der Waals surface area contributed by atoms with E-state index in [1.807, 2.05) is 48.9 Å². The van der Waals surface area contributed by atoms with Crippen LogP contribution in [0.15, 0.2) is 34.7 Å². The number of benzene rings is 1. The van der Waals surface area contributed by atoms with Crippen LogP contribution in [0.3, 0.4) is 0 Å². The molecule has 0 radical (unpaired) electrons. The van der Waals surface area contributed by atoms with Gasteiger partial charge < -0.3 is 9.52 Å². The van der Waals surface area contributed by atoms with Crippen LogP contribution in [0.2, 0.25) is 0 Å². The summed E-state index contributed by atoms with van der Waals surface area (Å²) in [5.74, 6) is 0.651. The Morgan fingerprint density at radius 2 is 1.86 bits per heavy atom. The van der Waals surface area contributed by atoms with E-state index in [1.165, 1.54) is 0 Å². The van der Waals surface area contributed by atoms with E-state index in [4.69, 9.17) is 4.42 Å². The van der Waals surface area contributed by atoms with Gasteiger partial charge >= 0.3 is 11.8 Å². The van der Waals surface area contributed by atoms with E-state index in [2.05, 4.69) is 0 Å². The molecule has 2 aromatic rings. The second-order valence-electron chi connectivity index (χ2n) is 3.20. The Morgan fingerprint density at radius 1 is 1.21 bits per heavy atom. The van der Waals surface area contributed by atoms with Crippen molar-refractivity contribution in [3.8, 4) is 17.2 Å². The van der Waals surface area contributed by atoms with Crippen LogP contribution in [0.25, 0.3) is 11.3 Å². The highest BCUT2D eigenvalue weighted by molar-refractivity contribution is 5.59. The zero-order valence-corrected chi connectivity index (χ0v) is 8.19. The molecule has 0 saturated heterocycles. The van der Waals surface area contributed by atoms with E-state index >= 15 is 0 Å². The van der Waals surface area contributed by atoms with Crippen molar-refractivity contribution in [3.05, 3.63) is 36.2 Å². The smallest absolute Gasteiger partial charge is 0.362 e. The largest absolute Gasteiger partial charge is 0.476 e. The van der Waals surface area contributed by atoms with Crippen LogP contribution in [0.5, 0.6) is 5.95 Å². The van der Waals surface area contributed by atoms with E-state index in [9.17, 15) is 5.11 Å². The van der Waals surface area contributed by atoms with Crippen molar-refractivity contribution >= 4 is 0 Å². The SMILES string of the molecule is Cc1oc(O)c(-c2ccccc2)[n+]1C. The molecule has 0 aliphatic rings. The monoisotopic (exact) mass is 190 g/mol. The Balaban J connectivity index is 2.62. The molecule has 0 unspecified atom stereocenters. The third kappa shape index (κ3) is 1.27. The van der Waals surface area contributed by atoms with Crippen LogP contribution in [-0.2, 0) is 7.05 Å². The molecule has 0 fully saturated rings. The molecule has 3 nitrogen and oxygen atoms in total. The summed E-state index contributed by atoms with van der Waals surface area (Å²) >= 11 is 0. The Bertz CT molecular complexity index is 446. The summed E-state index contributed by atoms with van der Waals surface area (Å²) in [4.78, 5) is 0. The zero-order chi connectivity index (χ0) is 10.1. The average molecular weight is 190 g/mol. The molecule has 0 amide bonds. The molecular formula is C11H12NO2+. The highest BCUT2D eigenvalue weighted by Gasteiger charge is 2.23. The van der Waals surface area contributed by atoms with Gasteiger partial charge in [-0.05, 0) is 12.1 Å². The third-order valence-electron chi connectivity index (χ3n) is 2.30. The van der Waals surface area contributed by atoms with E-state index in [1.54, 1.807) is 0 Å². The fourth-order valence-electron chi connectivity index (χ4n) is 1.47. The second kappa shape index (κ2) is 3.18. The molecule has 0 spiro atoms. The van der Waals surface area contributed by atoms with Crippen LogP contribution in [0.4, 0.5) is 0 Å². The van der Waals surface area contributed by atoms with Gasteiger partial charge in [0.1, 0.15) is 7.05 Å². The van der Waals surface area contributed by atoms with Gasteiger partial charge in [0, 0.05) is 0 Å². The zero-order valence-electron chi connectivity index (χ0n) is 8.19. The summed E-state index contributed by atoms with van der Waals surface area (Å²) in [5.41, 5.74) is 1.66. The molecule has 2 rings (SSSR count). The lowest BCUT2D eigenvalue weighted by molar-refractivity contribution is -0.670. The standard InChI is InChI=1S/C11H11NO2/c1-8-12(2)10(11(13)14-8)9-6-4-3-5-7-9/h3-7H,1-2H3/p+1. The molecule has 0 atom stereocenters. The normalized spacial score (nSPS) is 10.4. The summed E-state index contributed by atoms with van der Waals surface area (Å²) in [6, 6.07) is 9.66. The minimum atomic E-state index is -0.0313. The number of aromatic hydroxyl groups is 1. The highest BCUT2D eigenvalue weighted by atomic mass is 16.5. The lowest BCUT2D eigenvalue weighted by atomic mass is 10.2. The Hall–Kier alpha value is -1.77. The van der Waals surface area contributed by atoms with E-state index < -0.39 is 0 Å². The van der Waals surface area contributed by atoms with Gasteiger partial charge in [0.2, 0.25) is 0 Å². The first-order chi connectivity index (χ1) is 6.70. The van der Waals surface area contributed by atoms with Crippen molar-refractivity contribution in [1.82, 2.24) is 0 Å². The van der Waals surface area contributed by atoms with Crippen molar-refractivity contribution < 1.29 is 14.1 Å². The minimum Gasteiger partial charge on any atom is -0.476 e. The molecule has 3 heteroatoms. The van der Waals surface area contributed by atoms with E-state index in [0.29, 0.717) is 11.6 Å². The molecule has 0 aliphatic heterocycles. The van der Waals surface area contributed by atoms with Crippen LogP contribution in [-0.4, -0.2) is 5.11 Å². The third-order valence-corrected chi connectivity index (χ3v) is 2.30. The predicted molar refractivity (Wildman–Crippen MR) is 51.7 cm³/mol. The lowest BCUT2D eigenvalue weighted by Crippen LogP contribution is -2.31. The summed E-state index contributed by atoms with van der Waals surface area (Å²) in [5, 5.41) is 9.58. The van der Waals surface area contributed by atoms with Crippen LogP contribution in [0.1, 0.15) is 5.89 Å². The molecule has 0 saturated carbocycles. The molecule has 1 N–H and O–H groups in total. The van der Waals surface area contributed by atoms with Gasteiger partial charge in [-0.15, -0.1) is 0 Å². The van der Waals surface area contributed by atoms with Gasteiger partial charge in [-0.3, -0.25) is 0 Å². The molecule has 1 aromatic carbocycles. The number of nitrogens with zero attached hydrogens (tertiary/aromatic N) is 1. The predicted octanol–water partition coefficient (Wildman–Crippen LogP) is 1.79. The summed E-state index contributed by atoms with van der Waals surface area (Å²) in [6.45, 7) is 1.81. The Labute approximate surface area is 82.2 Å². The maximum atomic E-state index is 9.58.